The van der Waals surface area contributed by atoms with Crippen LogP contribution in [0.3, 0.4) is 0 Å². The van der Waals surface area contributed by atoms with Gasteiger partial charge in [0.25, 0.3) is 0 Å². The number of rotatable bonds is 7. The molecule has 0 bridgehead atoms. The van der Waals surface area contributed by atoms with Gasteiger partial charge >= 0.3 is 0 Å². The number of hydrogen-bond donors (Lipinski definition) is 1. The summed E-state index contributed by atoms with van der Waals surface area (Å²) in [7, 11) is 0. The van der Waals surface area contributed by atoms with Gasteiger partial charge < -0.3 is 5.73 Å². The summed E-state index contributed by atoms with van der Waals surface area (Å²) in [5, 5.41) is 0. The van der Waals surface area contributed by atoms with Gasteiger partial charge in [-0.25, -0.2) is 4.39 Å². The first-order valence-electron chi connectivity index (χ1n) is 6.94. The van der Waals surface area contributed by atoms with Crippen LogP contribution in [0.4, 0.5) is 4.39 Å². The minimum Gasteiger partial charge on any atom is -0.329 e. The fourth-order valence-electron chi connectivity index (χ4n) is 2.51. The molecule has 0 radical (unpaired) electrons. The molecule has 0 heterocycles. The highest BCUT2D eigenvalue weighted by molar-refractivity contribution is 5.21. The van der Waals surface area contributed by atoms with Crippen molar-refractivity contribution in [2.45, 2.75) is 32.2 Å². The predicted molar refractivity (Wildman–Crippen MR) is 72.8 cm³/mol. The van der Waals surface area contributed by atoms with E-state index in [-0.39, 0.29) is 11.9 Å². The van der Waals surface area contributed by atoms with E-state index in [9.17, 15) is 4.39 Å². The van der Waals surface area contributed by atoms with E-state index in [2.05, 4.69) is 11.8 Å². The molecule has 2 nitrogen and oxygen atoms in total. The lowest BCUT2D eigenvalue weighted by molar-refractivity contribution is 0.189. The summed E-state index contributed by atoms with van der Waals surface area (Å²) in [5.74, 6) is 0.669. The number of benzene rings is 1. The van der Waals surface area contributed by atoms with Crippen LogP contribution in [-0.4, -0.2) is 24.5 Å². The van der Waals surface area contributed by atoms with E-state index in [1.54, 1.807) is 6.07 Å². The number of nitrogens with two attached hydrogens (primary N) is 1. The van der Waals surface area contributed by atoms with Crippen LogP contribution in [0.2, 0.25) is 0 Å². The number of halogens is 1. The van der Waals surface area contributed by atoms with Crippen molar-refractivity contribution < 1.29 is 4.39 Å². The summed E-state index contributed by atoms with van der Waals surface area (Å²) < 4.78 is 13.9. The van der Waals surface area contributed by atoms with Gasteiger partial charge in [-0.1, -0.05) is 25.1 Å². The standard InChI is InChI=1S/C15H23FN2/c1-2-9-18(11-12-7-8-12)15(10-17)13-5-3-4-6-14(13)16/h3-6,12,15H,2,7-11,17H2,1H3. The van der Waals surface area contributed by atoms with E-state index in [1.165, 1.54) is 18.9 Å². The maximum atomic E-state index is 13.9. The van der Waals surface area contributed by atoms with Gasteiger partial charge in [0.05, 0.1) is 0 Å². The largest absolute Gasteiger partial charge is 0.329 e. The van der Waals surface area contributed by atoms with E-state index >= 15 is 0 Å². The SMILES string of the molecule is CCCN(CC1CC1)C(CN)c1ccccc1F. The molecule has 100 valence electrons. The Labute approximate surface area is 109 Å². The van der Waals surface area contributed by atoms with Gasteiger partial charge in [0.15, 0.2) is 0 Å². The molecule has 0 aromatic heterocycles. The molecule has 1 atom stereocenters. The van der Waals surface area contributed by atoms with Crippen molar-refractivity contribution in [3.63, 3.8) is 0 Å². The van der Waals surface area contributed by atoms with Crippen LogP contribution in [0.25, 0.3) is 0 Å². The summed E-state index contributed by atoms with van der Waals surface area (Å²) in [6.07, 6.45) is 3.71. The lowest BCUT2D eigenvalue weighted by atomic mass is 10.0. The van der Waals surface area contributed by atoms with Gasteiger partial charge in [-0.15, -0.1) is 0 Å². The second-order valence-electron chi connectivity index (χ2n) is 5.21. The molecule has 1 aliphatic carbocycles. The Morgan fingerprint density at radius 3 is 2.67 bits per heavy atom. The lowest BCUT2D eigenvalue weighted by Gasteiger charge is -2.31. The van der Waals surface area contributed by atoms with Crippen molar-refractivity contribution >= 4 is 0 Å². The van der Waals surface area contributed by atoms with Crippen LogP contribution in [0.1, 0.15) is 37.8 Å². The molecule has 2 N–H and O–H groups in total. The molecule has 1 aromatic rings. The zero-order chi connectivity index (χ0) is 13.0. The molecule has 1 saturated carbocycles. The third kappa shape index (κ3) is 3.30. The lowest BCUT2D eigenvalue weighted by Crippen LogP contribution is -2.36. The maximum Gasteiger partial charge on any atom is 0.128 e. The minimum atomic E-state index is -0.134. The van der Waals surface area contributed by atoms with Gasteiger partial charge in [-0.2, -0.15) is 0 Å². The maximum absolute atomic E-state index is 13.9. The molecule has 0 spiro atoms. The van der Waals surface area contributed by atoms with Crippen LogP contribution in [0, 0.1) is 11.7 Å². The molecule has 3 heteroatoms. The van der Waals surface area contributed by atoms with Crippen LogP contribution in [0.5, 0.6) is 0 Å². The highest BCUT2D eigenvalue weighted by Crippen LogP contribution is 2.33. The van der Waals surface area contributed by atoms with Crippen molar-refractivity contribution in [1.29, 1.82) is 0 Å². The fourth-order valence-corrected chi connectivity index (χ4v) is 2.51. The molecular formula is C15H23FN2. The molecular weight excluding hydrogens is 227 g/mol. The summed E-state index contributed by atoms with van der Waals surface area (Å²) in [4.78, 5) is 2.36. The van der Waals surface area contributed by atoms with Crippen molar-refractivity contribution in [2.24, 2.45) is 11.7 Å². The highest BCUT2D eigenvalue weighted by atomic mass is 19.1. The fraction of sp³-hybridized carbons (Fsp3) is 0.600. The summed E-state index contributed by atoms with van der Waals surface area (Å²) in [5.41, 5.74) is 6.64. The van der Waals surface area contributed by atoms with Gasteiger partial charge in [0.2, 0.25) is 0 Å². The van der Waals surface area contributed by atoms with Crippen molar-refractivity contribution in [2.75, 3.05) is 19.6 Å². The van der Waals surface area contributed by atoms with Gasteiger partial charge in [-0.3, -0.25) is 4.90 Å². The molecule has 0 saturated heterocycles. The smallest absolute Gasteiger partial charge is 0.128 e. The van der Waals surface area contributed by atoms with Gasteiger partial charge in [0.1, 0.15) is 5.82 Å². The van der Waals surface area contributed by atoms with Crippen LogP contribution in [-0.2, 0) is 0 Å². The van der Waals surface area contributed by atoms with Crippen LogP contribution < -0.4 is 5.73 Å². The Bertz CT molecular complexity index is 377. The second kappa shape index (κ2) is 6.30. The molecule has 2 rings (SSSR count). The molecule has 1 aromatic carbocycles. The molecule has 0 aliphatic heterocycles. The topological polar surface area (TPSA) is 29.3 Å². The monoisotopic (exact) mass is 250 g/mol. The van der Waals surface area contributed by atoms with Gasteiger partial charge in [-0.05, 0) is 37.8 Å². The average Bonchev–Trinajstić information content (AvgIpc) is 3.16. The number of hydrogen-bond acceptors (Lipinski definition) is 2. The molecule has 1 aliphatic rings. The average molecular weight is 250 g/mol. The Hall–Kier alpha value is -0.930. The Morgan fingerprint density at radius 2 is 2.11 bits per heavy atom. The van der Waals surface area contributed by atoms with Crippen LogP contribution in [0.15, 0.2) is 24.3 Å². The zero-order valence-corrected chi connectivity index (χ0v) is 11.1. The minimum absolute atomic E-state index is 0.0201. The normalized spacial score (nSPS) is 17.1. The summed E-state index contributed by atoms with van der Waals surface area (Å²) in [6.45, 7) is 4.69. The van der Waals surface area contributed by atoms with Crippen LogP contribution >= 0.6 is 0 Å². The van der Waals surface area contributed by atoms with E-state index in [0.717, 1.165) is 31.0 Å². The Balaban J connectivity index is 2.15. The predicted octanol–water partition coefficient (Wildman–Crippen LogP) is 2.95. The van der Waals surface area contributed by atoms with Gasteiger partial charge in [0, 0.05) is 24.7 Å². The highest BCUT2D eigenvalue weighted by Gasteiger charge is 2.28. The van der Waals surface area contributed by atoms with Crippen molar-refractivity contribution in [3.8, 4) is 0 Å². The van der Waals surface area contributed by atoms with E-state index < -0.39 is 0 Å². The molecule has 1 fully saturated rings. The first kappa shape index (κ1) is 13.5. The van der Waals surface area contributed by atoms with E-state index in [0.29, 0.717) is 6.54 Å². The van der Waals surface area contributed by atoms with E-state index in [1.807, 2.05) is 12.1 Å². The third-order valence-corrected chi connectivity index (χ3v) is 3.63. The van der Waals surface area contributed by atoms with Crippen molar-refractivity contribution in [1.82, 2.24) is 4.90 Å². The first-order valence-corrected chi connectivity index (χ1v) is 6.94. The Kier molecular flexibility index (Phi) is 4.72. The summed E-state index contributed by atoms with van der Waals surface area (Å²) in [6, 6.07) is 7.04. The first-order chi connectivity index (χ1) is 8.76. The zero-order valence-electron chi connectivity index (χ0n) is 11.1. The van der Waals surface area contributed by atoms with Crippen molar-refractivity contribution in [3.05, 3.63) is 35.6 Å². The quantitative estimate of drug-likeness (QED) is 0.806. The number of nitrogens with zero attached hydrogens (tertiary/aromatic N) is 1. The third-order valence-electron chi connectivity index (χ3n) is 3.63. The molecule has 1 unspecified atom stereocenters. The molecule has 18 heavy (non-hydrogen) atoms. The van der Waals surface area contributed by atoms with E-state index in [4.69, 9.17) is 5.73 Å². The molecule has 0 amide bonds. The summed E-state index contributed by atoms with van der Waals surface area (Å²) >= 11 is 0. The Morgan fingerprint density at radius 1 is 1.39 bits per heavy atom. The second-order valence-corrected chi connectivity index (χ2v) is 5.21.